The minimum atomic E-state index is -4.62. The van der Waals surface area contributed by atoms with E-state index in [0.29, 0.717) is 0 Å². The number of benzene rings is 2. The molecule has 5 nitrogen and oxygen atoms in total. The number of halogens is 3. The summed E-state index contributed by atoms with van der Waals surface area (Å²) in [4.78, 5) is 22.4. The Hall–Kier alpha value is -2.90. The summed E-state index contributed by atoms with van der Waals surface area (Å²) < 4.78 is 38.7. The molecule has 2 aromatic rings. The molecule has 0 aliphatic carbocycles. The van der Waals surface area contributed by atoms with Crippen LogP contribution in [0, 0.1) is 17.0 Å². The highest BCUT2D eigenvalue weighted by Gasteiger charge is 2.33. The van der Waals surface area contributed by atoms with E-state index in [1.165, 1.54) is 37.3 Å². The second kappa shape index (κ2) is 6.07. The van der Waals surface area contributed by atoms with Crippen LogP contribution in [0.25, 0.3) is 0 Å². The van der Waals surface area contributed by atoms with Gasteiger partial charge in [-0.2, -0.15) is 13.2 Å². The largest absolute Gasteiger partial charge is 0.418 e. The highest BCUT2D eigenvalue weighted by Crippen LogP contribution is 2.35. The van der Waals surface area contributed by atoms with Gasteiger partial charge >= 0.3 is 6.18 Å². The molecule has 23 heavy (non-hydrogen) atoms. The minimum Gasteiger partial charge on any atom is -0.321 e. The van der Waals surface area contributed by atoms with E-state index < -0.39 is 28.3 Å². The van der Waals surface area contributed by atoms with Crippen molar-refractivity contribution in [2.24, 2.45) is 0 Å². The number of nitro benzene ring substituents is 1. The first-order chi connectivity index (χ1) is 10.7. The van der Waals surface area contributed by atoms with Crippen LogP contribution in [0.1, 0.15) is 21.5 Å². The van der Waals surface area contributed by atoms with Crippen LogP contribution in [0.15, 0.2) is 42.5 Å². The number of hydrogen-bond donors (Lipinski definition) is 1. The van der Waals surface area contributed by atoms with Gasteiger partial charge in [0.05, 0.1) is 16.2 Å². The smallest absolute Gasteiger partial charge is 0.321 e. The third-order valence-electron chi connectivity index (χ3n) is 3.23. The number of para-hydroxylation sites is 1. The molecule has 0 unspecified atom stereocenters. The Morgan fingerprint density at radius 2 is 1.78 bits per heavy atom. The summed E-state index contributed by atoms with van der Waals surface area (Å²) in [5.74, 6) is -0.845. The Morgan fingerprint density at radius 1 is 1.13 bits per heavy atom. The number of carbonyl (C=O) groups is 1. The molecule has 0 aliphatic rings. The monoisotopic (exact) mass is 324 g/mol. The van der Waals surface area contributed by atoms with Gasteiger partial charge in [0.15, 0.2) is 0 Å². The highest BCUT2D eigenvalue weighted by molar-refractivity contribution is 6.06. The molecule has 2 rings (SSSR count). The molecule has 0 atom stereocenters. The van der Waals surface area contributed by atoms with Crippen molar-refractivity contribution in [2.75, 3.05) is 5.32 Å². The molecular weight excluding hydrogens is 313 g/mol. The van der Waals surface area contributed by atoms with Crippen molar-refractivity contribution in [3.8, 4) is 0 Å². The molecule has 0 spiro atoms. The van der Waals surface area contributed by atoms with Crippen molar-refractivity contribution in [3.63, 3.8) is 0 Å². The zero-order valence-corrected chi connectivity index (χ0v) is 11.8. The first-order valence-electron chi connectivity index (χ1n) is 6.43. The minimum absolute atomic E-state index is 0.0591. The van der Waals surface area contributed by atoms with Crippen LogP contribution < -0.4 is 5.32 Å². The van der Waals surface area contributed by atoms with E-state index in [1.807, 2.05) is 0 Å². The lowest BCUT2D eigenvalue weighted by Crippen LogP contribution is -2.17. The maximum atomic E-state index is 12.9. The molecule has 0 heterocycles. The third-order valence-corrected chi connectivity index (χ3v) is 3.23. The number of nitro groups is 1. The van der Waals surface area contributed by atoms with Gasteiger partial charge in [-0.3, -0.25) is 14.9 Å². The molecule has 0 aromatic heterocycles. The Kier molecular flexibility index (Phi) is 4.35. The molecular formula is C15H11F3N2O3. The molecule has 1 amide bonds. The summed E-state index contributed by atoms with van der Waals surface area (Å²) in [5, 5.41) is 13.0. The lowest BCUT2D eigenvalue weighted by molar-refractivity contribution is -0.385. The maximum absolute atomic E-state index is 12.9. The van der Waals surface area contributed by atoms with Crippen LogP contribution in [-0.2, 0) is 6.18 Å². The van der Waals surface area contributed by atoms with Gasteiger partial charge in [0, 0.05) is 17.2 Å². The summed E-state index contributed by atoms with van der Waals surface area (Å²) in [6, 6.07) is 8.35. The number of nitrogens with one attached hydrogen (secondary N) is 1. The van der Waals surface area contributed by atoms with E-state index in [0.717, 1.165) is 12.1 Å². The Labute approximate surface area is 128 Å². The Morgan fingerprint density at radius 3 is 2.39 bits per heavy atom. The van der Waals surface area contributed by atoms with Crippen LogP contribution >= 0.6 is 0 Å². The van der Waals surface area contributed by atoms with Crippen LogP contribution in [0.2, 0.25) is 0 Å². The lowest BCUT2D eigenvalue weighted by atomic mass is 10.1. The fraction of sp³-hybridized carbons (Fsp3) is 0.133. The van der Waals surface area contributed by atoms with Gasteiger partial charge in [0.1, 0.15) is 0 Å². The first kappa shape index (κ1) is 16.5. The normalized spacial score (nSPS) is 11.1. The molecule has 1 N–H and O–H groups in total. The van der Waals surface area contributed by atoms with Gasteiger partial charge in [0.2, 0.25) is 0 Å². The van der Waals surface area contributed by atoms with Gasteiger partial charge in [-0.15, -0.1) is 0 Å². The molecule has 8 heteroatoms. The molecule has 0 radical (unpaired) electrons. The summed E-state index contributed by atoms with van der Waals surface area (Å²) in [7, 11) is 0. The average molecular weight is 324 g/mol. The second-order valence-electron chi connectivity index (χ2n) is 4.70. The number of rotatable bonds is 3. The van der Waals surface area contributed by atoms with E-state index in [9.17, 15) is 28.1 Å². The van der Waals surface area contributed by atoms with E-state index >= 15 is 0 Å². The van der Waals surface area contributed by atoms with Crippen LogP contribution in [-0.4, -0.2) is 10.8 Å². The molecule has 2 aromatic carbocycles. The van der Waals surface area contributed by atoms with E-state index in [1.54, 1.807) is 0 Å². The quantitative estimate of drug-likeness (QED) is 0.680. The van der Waals surface area contributed by atoms with Crippen LogP contribution in [0.5, 0.6) is 0 Å². The maximum Gasteiger partial charge on any atom is 0.418 e. The number of hydrogen-bond acceptors (Lipinski definition) is 3. The predicted molar refractivity (Wildman–Crippen MR) is 77.2 cm³/mol. The summed E-state index contributed by atoms with van der Waals surface area (Å²) in [5.41, 5.74) is -1.65. The van der Waals surface area contributed by atoms with E-state index in [4.69, 9.17) is 0 Å². The van der Waals surface area contributed by atoms with Gasteiger partial charge in [-0.05, 0) is 25.1 Å². The number of carbonyl (C=O) groups excluding carboxylic acids is 1. The average Bonchev–Trinajstić information content (AvgIpc) is 2.46. The number of amides is 1. The lowest BCUT2D eigenvalue weighted by Gasteiger charge is -2.14. The Balaban J connectivity index is 2.38. The number of anilines is 1. The summed E-state index contributed by atoms with van der Waals surface area (Å²) in [6.45, 7) is 1.36. The summed E-state index contributed by atoms with van der Waals surface area (Å²) in [6.07, 6.45) is -4.62. The Bertz CT molecular complexity index is 773. The van der Waals surface area contributed by atoms with Crippen LogP contribution in [0.3, 0.4) is 0 Å². The fourth-order valence-corrected chi connectivity index (χ4v) is 2.10. The predicted octanol–water partition coefficient (Wildman–Crippen LogP) is 4.17. The van der Waals surface area contributed by atoms with Crippen molar-refractivity contribution in [2.45, 2.75) is 13.1 Å². The fourth-order valence-electron chi connectivity index (χ4n) is 2.10. The van der Waals surface area contributed by atoms with Crippen molar-refractivity contribution in [1.29, 1.82) is 0 Å². The molecule has 120 valence electrons. The van der Waals surface area contributed by atoms with E-state index in [2.05, 4.69) is 5.32 Å². The number of alkyl halides is 3. The zero-order chi connectivity index (χ0) is 17.2. The van der Waals surface area contributed by atoms with Crippen LogP contribution in [0.4, 0.5) is 24.5 Å². The zero-order valence-electron chi connectivity index (χ0n) is 11.8. The van der Waals surface area contributed by atoms with Gasteiger partial charge in [-0.1, -0.05) is 18.2 Å². The van der Waals surface area contributed by atoms with E-state index in [-0.39, 0.29) is 16.8 Å². The van der Waals surface area contributed by atoms with Gasteiger partial charge in [-0.25, -0.2) is 0 Å². The molecule has 0 saturated heterocycles. The SMILES string of the molecule is Cc1c(C(=O)Nc2ccccc2C(F)(F)F)cccc1[N+](=O)[O-]. The van der Waals surface area contributed by atoms with Crippen molar-refractivity contribution < 1.29 is 22.9 Å². The second-order valence-corrected chi connectivity index (χ2v) is 4.70. The molecule has 0 aliphatic heterocycles. The van der Waals surface area contributed by atoms with Crippen molar-refractivity contribution in [3.05, 3.63) is 69.3 Å². The topological polar surface area (TPSA) is 72.2 Å². The number of nitrogens with zero attached hydrogens (tertiary/aromatic N) is 1. The third kappa shape index (κ3) is 3.47. The molecule has 0 saturated carbocycles. The summed E-state index contributed by atoms with van der Waals surface area (Å²) >= 11 is 0. The first-order valence-corrected chi connectivity index (χ1v) is 6.43. The molecule has 0 fully saturated rings. The highest BCUT2D eigenvalue weighted by atomic mass is 19.4. The van der Waals surface area contributed by atoms with Crippen molar-refractivity contribution >= 4 is 17.3 Å². The van der Waals surface area contributed by atoms with Crippen molar-refractivity contribution in [1.82, 2.24) is 0 Å². The standard InChI is InChI=1S/C15H11F3N2O3/c1-9-10(5-4-8-13(9)20(22)23)14(21)19-12-7-3-2-6-11(12)15(16,17)18/h2-8H,1H3,(H,19,21). The van der Waals surface area contributed by atoms with Gasteiger partial charge in [0.25, 0.3) is 11.6 Å². The molecule has 0 bridgehead atoms. The van der Waals surface area contributed by atoms with Gasteiger partial charge < -0.3 is 5.32 Å².